The second-order valence-corrected chi connectivity index (χ2v) is 8.99. The van der Waals surface area contributed by atoms with Gasteiger partial charge in [0.15, 0.2) is 0 Å². The van der Waals surface area contributed by atoms with Gasteiger partial charge in [-0.1, -0.05) is 0 Å². The van der Waals surface area contributed by atoms with Crippen molar-refractivity contribution in [2.45, 2.75) is 103 Å². The van der Waals surface area contributed by atoms with E-state index in [1.54, 1.807) is 0 Å². The highest BCUT2D eigenvalue weighted by atomic mass is 16.6. The molecule has 0 aromatic heterocycles. The molecule has 0 unspecified atom stereocenters. The highest BCUT2D eigenvalue weighted by molar-refractivity contribution is 5.68. The number of nitrogens with two attached hydrogens (primary N) is 2. The summed E-state index contributed by atoms with van der Waals surface area (Å²) in [6.07, 6.45) is 3.15. The lowest BCUT2D eigenvalue weighted by Crippen LogP contribution is -2.55. The highest BCUT2D eigenvalue weighted by Crippen LogP contribution is 2.19. The number of alkyl carbamates (subject to hydrolysis) is 2. The topological polar surface area (TPSA) is 129 Å². The van der Waals surface area contributed by atoms with E-state index >= 15 is 0 Å². The third kappa shape index (κ3) is 8.71. The Labute approximate surface area is 156 Å². The molecule has 152 valence electrons. The summed E-state index contributed by atoms with van der Waals surface area (Å²) in [5.74, 6) is 0. The summed E-state index contributed by atoms with van der Waals surface area (Å²) in [7, 11) is 0. The van der Waals surface area contributed by atoms with Crippen LogP contribution < -0.4 is 22.1 Å². The molecule has 0 saturated heterocycles. The van der Waals surface area contributed by atoms with Crippen molar-refractivity contribution in [2.24, 2.45) is 11.5 Å². The average Bonchev–Trinajstić information content (AvgIpc) is 2.44. The maximum atomic E-state index is 11.2. The molecule has 0 radical (unpaired) electrons. The van der Waals surface area contributed by atoms with Crippen molar-refractivity contribution in [1.29, 1.82) is 0 Å². The lowest BCUT2D eigenvalue weighted by molar-refractivity contribution is 0.0456. The van der Waals surface area contributed by atoms with Gasteiger partial charge in [0.1, 0.15) is 11.2 Å². The van der Waals surface area contributed by atoms with Gasteiger partial charge in [0.25, 0.3) is 0 Å². The first-order valence-corrected chi connectivity index (χ1v) is 9.27. The summed E-state index contributed by atoms with van der Waals surface area (Å²) in [5, 5.41) is 5.47. The molecule has 2 aliphatic carbocycles. The minimum Gasteiger partial charge on any atom is -0.444 e. The third-order valence-corrected chi connectivity index (χ3v) is 4.06. The molecule has 2 amide bonds. The SMILES string of the molecule is CC(C)(C)OC(=O)N[C@@H]1CC[C@@H]1N.CC(C)(C)OC(=O)N[C@H]1CC[C@H]1N. The lowest BCUT2D eigenvalue weighted by atomic mass is 9.87. The van der Waals surface area contributed by atoms with Crippen LogP contribution in [0.15, 0.2) is 0 Å². The Morgan fingerprint density at radius 2 is 1.04 bits per heavy atom. The first kappa shape index (κ1) is 22.5. The molecule has 26 heavy (non-hydrogen) atoms. The first-order chi connectivity index (χ1) is 11.8. The molecular weight excluding hydrogens is 336 g/mol. The number of hydrogen-bond acceptors (Lipinski definition) is 6. The number of carbonyl (C=O) groups is 2. The molecule has 6 N–H and O–H groups in total. The van der Waals surface area contributed by atoms with Crippen LogP contribution in [0.4, 0.5) is 9.59 Å². The predicted molar refractivity (Wildman–Crippen MR) is 101 cm³/mol. The maximum Gasteiger partial charge on any atom is 0.407 e. The van der Waals surface area contributed by atoms with Crippen LogP contribution in [-0.4, -0.2) is 47.6 Å². The minimum atomic E-state index is -0.433. The van der Waals surface area contributed by atoms with E-state index in [2.05, 4.69) is 10.6 Å². The summed E-state index contributed by atoms with van der Waals surface area (Å²) in [6, 6.07) is 0.421. The van der Waals surface area contributed by atoms with Gasteiger partial charge < -0.3 is 31.6 Å². The molecule has 2 fully saturated rings. The Morgan fingerprint density at radius 3 is 1.19 bits per heavy atom. The van der Waals surface area contributed by atoms with Gasteiger partial charge in [0, 0.05) is 24.2 Å². The molecule has 2 saturated carbocycles. The van der Waals surface area contributed by atoms with Gasteiger partial charge in [-0.3, -0.25) is 0 Å². The lowest BCUT2D eigenvalue weighted by Gasteiger charge is -2.34. The number of hydrogen-bond donors (Lipinski definition) is 4. The third-order valence-electron chi connectivity index (χ3n) is 4.06. The van der Waals surface area contributed by atoms with Gasteiger partial charge in [-0.05, 0) is 67.2 Å². The molecule has 0 bridgehead atoms. The molecule has 0 spiro atoms. The second-order valence-electron chi connectivity index (χ2n) is 8.99. The van der Waals surface area contributed by atoms with Crippen LogP contribution in [0.5, 0.6) is 0 Å². The Kier molecular flexibility index (Phi) is 7.70. The van der Waals surface area contributed by atoms with E-state index in [9.17, 15) is 9.59 Å². The van der Waals surface area contributed by atoms with Crippen molar-refractivity contribution in [3.63, 3.8) is 0 Å². The quantitative estimate of drug-likeness (QED) is 0.587. The van der Waals surface area contributed by atoms with Crippen molar-refractivity contribution < 1.29 is 19.1 Å². The van der Waals surface area contributed by atoms with E-state index in [4.69, 9.17) is 20.9 Å². The van der Waals surface area contributed by atoms with Crippen molar-refractivity contribution in [1.82, 2.24) is 10.6 Å². The number of rotatable bonds is 2. The van der Waals surface area contributed by atoms with Crippen molar-refractivity contribution >= 4 is 12.2 Å². The zero-order chi connectivity index (χ0) is 20.1. The normalized spacial score (nSPS) is 27.7. The van der Waals surface area contributed by atoms with Crippen LogP contribution in [-0.2, 0) is 9.47 Å². The Morgan fingerprint density at radius 1 is 0.731 bits per heavy atom. The standard InChI is InChI=1S/2C9H18N2O2/c2*1-9(2,3)13-8(12)11-7-5-4-6(7)10/h2*6-7H,4-5,10H2,1-3H3,(H,11,12)/t2*6-,7+/m10/s1. The summed E-state index contributed by atoms with van der Waals surface area (Å²) in [6.45, 7) is 11.0. The molecule has 8 nitrogen and oxygen atoms in total. The summed E-state index contributed by atoms with van der Waals surface area (Å²) in [5.41, 5.74) is 10.5. The van der Waals surface area contributed by atoms with Crippen LogP contribution in [0.1, 0.15) is 67.2 Å². The van der Waals surface area contributed by atoms with Crippen LogP contribution in [0.25, 0.3) is 0 Å². The zero-order valence-electron chi connectivity index (χ0n) is 16.9. The van der Waals surface area contributed by atoms with Crippen LogP contribution in [0.2, 0.25) is 0 Å². The fraction of sp³-hybridized carbons (Fsp3) is 0.889. The molecule has 0 aromatic rings. The highest BCUT2D eigenvalue weighted by Gasteiger charge is 2.31. The minimum absolute atomic E-state index is 0.104. The Bertz CT molecular complexity index is 441. The van der Waals surface area contributed by atoms with Crippen molar-refractivity contribution in [3.8, 4) is 0 Å². The van der Waals surface area contributed by atoms with E-state index in [0.717, 1.165) is 25.7 Å². The van der Waals surface area contributed by atoms with Gasteiger partial charge in [-0.15, -0.1) is 0 Å². The number of nitrogens with one attached hydrogen (secondary N) is 2. The molecule has 0 heterocycles. The zero-order valence-corrected chi connectivity index (χ0v) is 16.9. The first-order valence-electron chi connectivity index (χ1n) is 9.27. The van der Waals surface area contributed by atoms with E-state index in [1.807, 2.05) is 41.5 Å². The largest absolute Gasteiger partial charge is 0.444 e. The number of ether oxygens (including phenoxy) is 2. The molecular formula is C18H36N4O4. The fourth-order valence-electron chi connectivity index (χ4n) is 2.33. The van der Waals surface area contributed by atoms with Crippen LogP contribution in [0, 0.1) is 0 Å². The average molecular weight is 373 g/mol. The fourth-order valence-corrected chi connectivity index (χ4v) is 2.33. The second kappa shape index (κ2) is 8.90. The van der Waals surface area contributed by atoms with Gasteiger partial charge in [0.05, 0.1) is 0 Å². The van der Waals surface area contributed by atoms with E-state index < -0.39 is 11.2 Å². The Balaban J connectivity index is 0.000000260. The van der Waals surface area contributed by atoms with Gasteiger partial charge in [-0.2, -0.15) is 0 Å². The van der Waals surface area contributed by atoms with Crippen molar-refractivity contribution in [2.75, 3.05) is 0 Å². The van der Waals surface area contributed by atoms with E-state index in [-0.39, 0.29) is 36.4 Å². The number of carbonyl (C=O) groups excluding carboxylic acids is 2. The molecule has 0 aromatic carbocycles. The maximum absolute atomic E-state index is 11.2. The van der Waals surface area contributed by atoms with Gasteiger partial charge in [0.2, 0.25) is 0 Å². The van der Waals surface area contributed by atoms with Crippen LogP contribution >= 0.6 is 0 Å². The molecule has 8 heteroatoms. The molecule has 2 rings (SSSR count). The van der Waals surface area contributed by atoms with E-state index in [0.29, 0.717) is 0 Å². The summed E-state index contributed by atoms with van der Waals surface area (Å²) < 4.78 is 10.2. The van der Waals surface area contributed by atoms with Gasteiger partial charge in [-0.25, -0.2) is 9.59 Å². The summed E-state index contributed by atoms with van der Waals surface area (Å²) >= 11 is 0. The smallest absolute Gasteiger partial charge is 0.407 e. The number of amides is 2. The molecule has 4 atom stereocenters. The van der Waals surface area contributed by atoms with E-state index in [1.165, 1.54) is 0 Å². The van der Waals surface area contributed by atoms with Gasteiger partial charge >= 0.3 is 12.2 Å². The Hall–Kier alpha value is -1.54. The summed E-state index contributed by atoms with van der Waals surface area (Å²) in [4.78, 5) is 22.4. The van der Waals surface area contributed by atoms with Crippen molar-refractivity contribution in [3.05, 3.63) is 0 Å². The molecule has 0 aliphatic heterocycles. The predicted octanol–water partition coefficient (Wildman–Crippen LogP) is 2.00. The molecule has 2 aliphatic rings. The van der Waals surface area contributed by atoms with Crippen LogP contribution in [0.3, 0.4) is 0 Å². The monoisotopic (exact) mass is 372 g/mol.